The van der Waals surface area contributed by atoms with Gasteiger partial charge in [-0.25, -0.2) is 0 Å². The molecule has 0 amide bonds. The van der Waals surface area contributed by atoms with E-state index in [1.165, 1.54) is 27.1 Å². The molecule has 3 heteroatoms. The topological polar surface area (TPSA) is 20.3 Å². The third-order valence-electron chi connectivity index (χ3n) is 8.98. The minimum atomic E-state index is -2.34. The Morgan fingerprint density at radius 3 is 1.39 bits per heavy atom. The molecule has 0 N–H and O–H groups in total. The molecule has 0 aliphatic carbocycles. The summed E-state index contributed by atoms with van der Waals surface area (Å²) in [4.78, 5) is 17.3. The quantitative estimate of drug-likeness (QED) is 0.147. The average Bonchev–Trinajstić information content (AvgIpc) is 3.54. The average molecular weight is 552 g/mol. The lowest BCUT2D eigenvalue weighted by molar-refractivity contribution is -0.122. The number of rotatable bonds is 9. The number of ketones is 1. The van der Waals surface area contributed by atoms with Crippen molar-refractivity contribution in [1.29, 1.82) is 0 Å². The van der Waals surface area contributed by atoms with Crippen LogP contribution in [0.4, 0.5) is 0 Å². The molecule has 2 nitrogen and oxygen atoms in total. The molecular formula is C38H37NOSi. The van der Waals surface area contributed by atoms with Gasteiger partial charge in [0.2, 0.25) is 0 Å². The number of Topliss-reactive ketones (excluding diaryl/α,β-unsaturated/α-hetero) is 1. The van der Waals surface area contributed by atoms with E-state index in [0.29, 0.717) is 11.8 Å². The molecule has 5 aromatic carbocycles. The Bertz CT molecular complexity index is 1420. The van der Waals surface area contributed by atoms with E-state index in [1.807, 2.05) is 0 Å². The van der Waals surface area contributed by atoms with Crippen LogP contribution in [0.3, 0.4) is 0 Å². The number of likely N-dealkylation sites (tertiary alicyclic amines) is 1. The highest BCUT2D eigenvalue weighted by atomic mass is 28.3. The SMILES string of the molecule is C[Si](CC(=O)[C@@H]1CCCN1C(c1ccccc1)(c1ccccc1)c1ccccc1)(c1ccccc1)c1ccccc1. The molecule has 0 bridgehead atoms. The molecule has 1 fully saturated rings. The maximum absolute atomic E-state index is 14.8. The van der Waals surface area contributed by atoms with Crippen LogP contribution < -0.4 is 10.4 Å². The summed E-state index contributed by atoms with van der Waals surface area (Å²) in [5.74, 6) is 0.358. The summed E-state index contributed by atoms with van der Waals surface area (Å²) in [5, 5.41) is 2.62. The van der Waals surface area contributed by atoms with Crippen LogP contribution in [0.1, 0.15) is 29.5 Å². The minimum absolute atomic E-state index is 0.171. The summed E-state index contributed by atoms with van der Waals surface area (Å²) in [7, 11) is -2.34. The molecule has 0 spiro atoms. The Balaban J connectivity index is 1.48. The fraction of sp³-hybridized carbons (Fsp3) is 0.184. The molecule has 204 valence electrons. The predicted molar refractivity (Wildman–Crippen MR) is 173 cm³/mol. The Morgan fingerprint density at radius 2 is 1.00 bits per heavy atom. The molecule has 5 aromatic rings. The van der Waals surface area contributed by atoms with Gasteiger partial charge in [0.25, 0.3) is 0 Å². The lowest BCUT2D eigenvalue weighted by Crippen LogP contribution is -2.59. The molecule has 0 saturated carbocycles. The molecule has 1 saturated heterocycles. The first kappa shape index (κ1) is 27.1. The molecule has 0 aromatic heterocycles. The molecule has 0 radical (unpaired) electrons. The van der Waals surface area contributed by atoms with Crippen molar-refractivity contribution < 1.29 is 4.79 Å². The van der Waals surface area contributed by atoms with Crippen LogP contribution in [0.2, 0.25) is 12.6 Å². The Morgan fingerprint density at radius 1 is 0.634 bits per heavy atom. The van der Waals surface area contributed by atoms with Crippen LogP contribution in [0.5, 0.6) is 0 Å². The highest BCUT2D eigenvalue weighted by Crippen LogP contribution is 2.46. The minimum Gasteiger partial charge on any atom is -0.298 e. The van der Waals surface area contributed by atoms with Gasteiger partial charge >= 0.3 is 0 Å². The normalized spacial score (nSPS) is 16.0. The van der Waals surface area contributed by atoms with Crippen molar-refractivity contribution in [2.24, 2.45) is 0 Å². The fourth-order valence-electron chi connectivity index (χ4n) is 6.99. The van der Waals surface area contributed by atoms with E-state index in [1.54, 1.807) is 0 Å². The van der Waals surface area contributed by atoms with E-state index in [9.17, 15) is 4.79 Å². The van der Waals surface area contributed by atoms with E-state index in [-0.39, 0.29) is 6.04 Å². The van der Waals surface area contributed by atoms with Crippen LogP contribution in [-0.2, 0) is 10.3 Å². The standard InChI is InChI=1S/C38H37NOSi/c1-41(34-24-13-5-14-25-34,35-26-15-6-16-27-35)30-37(40)36-28-17-29-39(36)38(31-18-7-2-8-19-31,32-20-9-3-10-21-32)33-22-11-4-12-23-33/h2-16,18-27,36H,17,28-30H2,1H3/t36-/m0/s1. The number of carbonyl (C=O) groups is 1. The molecule has 0 unspecified atom stereocenters. The Kier molecular flexibility index (Phi) is 7.82. The Labute approximate surface area is 245 Å². The van der Waals surface area contributed by atoms with Gasteiger partial charge in [0.05, 0.1) is 11.6 Å². The second-order valence-electron chi connectivity index (χ2n) is 11.4. The van der Waals surface area contributed by atoms with Crippen LogP contribution in [0.25, 0.3) is 0 Å². The molecule has 6 rings (SSSR count). The fourth-order valence-corrected chi connectivity index (χ4v) is 10.5. The smallest absolute Gasteiger partial charge is 0.148 e. The van der Waals surface area contributed by atoms with Gasteiger partial charge in [-0.05, 0) is 29.5 Å². The summed E-state index contributed by atoms with van der Waals surface area (Å²) in [6.07, 6.45) is 1.88. The first-order chi connectivity index (χ1) is 20.1. The molecule has 1 aliphatic rings. The molecule has 1 heterocycles. The Hall–Kier alpha value is -4.05. The van der Waals surface area contributed by atoms with Gasteiger partial charge in [0.1, 0.15) is 13.9 Å². The maximum atomic E-state index is 14.8. The monoisotopic (exact) mass is 551 g/mol. The lowest BCUT2D eigenvalue weighted by atomic mass is 9.75. The van der Waals surface area contributed by atoms with Gasteiger partial charge in [-0.1, -0.05) is 169 Å². The number of benzene rings is 5. The van der Waals surface area contributed by atoms with Gasteiger partial charge in [0.15, 0.2) is 0 Å². The van der Waals surface area contributed by atoms with E-state index < -0.39 is 13.6 Å². The number of nitrogens with zero attached hydrogens (tertiary/aromatic N) is 1. The van der Waals surface area contributed by atoms with Crippen molar-refractivity contribution in [3.8, 4) is 0 Å². The highest BCUT2D eigenvalue weighted by molar-refractivity contribution is 7.03. The maximum Gasteiger partial charge on any atom is 0.148 e. The van der Waals surface area contributed by atoms with Crippen molar-refractivity contribution in [3.05, 3.63) is 168 Å². The second-order valence-corrected chi connectivity index (χ2v) is 15.5. The van der Waals surface area contributed by atoms with Crippen LogP contribution >= 0.6 is 0 Å². The van der Waals surface area contributed by atoms with E-state index in [0.717, 1.165) is 19.4 Å². The van der Waals surface area contributed by atoms with Crippen molar-refractivity contribution in [2.75, 3.05) is 6.54 Å². The lowest BCUT2D eigenvalue weighted by Gasteiger charge is -2.46. The van der Waals surface area contributed by atoms with Crippen molar-refractivity contribution in [2.45, 2.75) is 37.0 Å². The molecule has 41 heavy (non-hydrogen) atoms. The van der Waals surface area contributed by atoms with Crippen LogP contribution in [0, 0.1) is 0 Å². The first-order valence-corrected chi connectivity index (χ1v) is 17.4. The third-order valence-corrected chi connectivity index (χ3v) is 13.3. The summed E-state index contributed by atoms with van der Waals surface area (Å²) in [5.41, 5.74) is 3.02. The zero-order chi connectivity index (χ0) is 28.1. The largest absolute Gasteiger partial charge is 0.298 e. The van der Waals surface area contributed by atoms with E-state index in [4.69, 9.17) is 0 Å². The summed E-state index contributed by atoms with van der Waals surface area (Å²) >= 11 is 0. The summed E-state index contributed by atoms with van der Waals surface area (Å²) in [6.45, 7) is 3.23. The first-order valence-electron chi connectivity index (χ1n) is 14.7. The van der Waals surface area contributed by atoms with Crippen molar-refractivity contribution in [1.82, 2.24) is 4.90 Å². The van der Waals surface area contributed by atoms with Gasteiger partial charge < -0.3 is 0 Å². The van der Waals surface area contributed by atoms with Gasteiger partial charge in [-0.2, -0.15) is 0 Å². The zero-order valence-electron chi connectivity index (χ0n) is 23.7. The van der Waals surface area contributed by atoms with Crippen LogP contribution in [-0.4, -0.2) is 31.3 Å². The summed E-state index contributed by atoms with van der Waals surface area (Å²) < 4.78 is 0. The highest BCUT2D eigenvalue weighted by Gasteiger charge is 2.49. The van der Waals surface area contributed by atoms with Gasteiger partial charge in [-0.15, -0.1) is 0 Å². The van der Waals surface area contributed by atoms with Crippen LogP contribution in [0.15, 0.2) is 152 Å². The van der Waals surface area contributed by atoms with E-state index in [2.05, 4.69) is 163 Å². The molecular weight excluding hydrogens is 515 g/mol. The zero-order valence-corrected chi connectivity index (χ0v) is 24.7. The van der Waals surface area contributed by atoms with Crippen molar-refractivity contribution in [3.63, 3.8) is 0 Å². The van der Waals surface area contributed by atoms with Crippen molar-refractivity contribution >= 4 is 24.2 Å². The number of hydrogen-bond donors (Lipinski definition) is 0. The van der Waals surface area contributed by atoms with Gasteiger partial charge in [-0.3, -0.25) is 9.69 Å². The number of carbonyl (C=O) groups excluding carboxylic acids is 1. The van der Waals surface area contributed by atoms with E-state index >= 15 is 0 Å². The summed E-state index contributed by atoms with van der Waals surface area (Å²) in [6, 6.07) is 54.2. The second kappa shape index (κ2) is 11.8. The molecule has 1 aliphatic heterocycles. The van der Waals surface area contributed by atoms with Gasteiger partial charge in [0, 0.05) is 12.6 Å². The number of hydrogen-bond acceptors (Lipinski definition) is 2. The third kappa shape index (κ3) is 5.01. The predicted octanol–water partition coefficient (Wildman–Crippen LogP) is 6.91. The molecule has 1 atom stereocenters.